The molecule has 10 heteroatoms. The number of likely N-dealkylation sites (tertiary alicyclic amines) is 1. The number of rotatable bonds is 13. The number of carbonyl (C=O) groups is 2. The molecule has 4 aromatic rings. The third kappa shape index (κ3) is 7.68. The van der Waals surface area contributed by atoms with E-state index in [-0.39, 0.29) is 25.7 Å². The molecular weight excluding hydrogens is 618 g/mol. The Morgan fingerprint density at radius 2 is 1.86 bits per heavy atom. The molecule has 0 spiro atoms. The van der Waals surface area contributed by atoms with E-state index in [2.05, 4.69) is 70.7 Å². The lowest BCUT2D eigenvalue weighted by molar-refractivity contribution is -0.161. The molecule has 0 bridgehead atoms. The van der Waals surface area contributed by atoms with E-state index in [9.17, 15) is 14.9 Å². The van der Waals surface area contributed by atoms with Crippen LogP contribution in [0.2, 0.25) is 0 Å². The smallest absolute Gasteiger partial charge is 0.350 e. The number of hydrogen-bond donors (Lipinski definition) is 1. The lowest BCUT2D eigenvalue weighted by Gasteiger charge is -2.30. The average molecular weight is 660 g/mol. The van der Waals surface area contributed by atoms with E-state index in [4.69, 9.17) is 14.3 Å². The van der Waals surface area contributed by atoms with Gasteiger partial charge in [-0.3, -0.25) is 14.7 Å². The van der Waals surface area contributed by atoms with Crippen molar-refractivity contribution in [3.63, 3.8) is 0 Å². The van der Waals surface area contributed by atoms with Gasteiger partial charge < -0.3 is 19.6 Å². The molecule has 0 radical (unpaired) electrons. The largest absolute Gasteiger partial charge is 0.488 e. The molecule has 0 saturated carbocycles. The number of ether oxygens (including phenoxy) is 2. The quantitative estimate of drug-likeness (QED) is 0.132. The van der Waals surface area contributed by atoms with Crippen molar-refractivity contribution in [3.8, 4) is 28.7 Å². The molecule has 1 saturated heterocycles. The number of pyridine rings is 1. The van der Waals surface area contributed by atoms with Crippen molar-refractivity contribution in [2.75, 3.05) is 20.1 Å². The van der Waals surface area contributed by atoms with Gasteiger partial charge in [0, 0.05) is 49.2 Å². The number of urea groups is 1. The van der Waals surface area contributed by atoms with Gasteiger partial charge in [0.05, 0.1) is 12.1 Å². The van der Waals surface area contributed by atoms with Gasteiger partial charge in [-0.1, -0.05) is 48.5 Å². The van der Waals surface area contributed by atoms with Gasteiger partial charge in [0.25, 0.3) is 0 Å². The summed E-state index contributed by atoms with van der Waals surface area (Å²) >= 11 is 0. The fourth-order valence-electron chi connectivity index (χ4n) is 6.99. The number of benzene rings is 3. The maximum atomic E-state index is 12.4. The third-order valence-corrected chi connectivity index (χ3v) is 9.52. The second-order valence-corrected chi connectivity index (χ2v) is 12.5. The van der Waals surface area contributed by atoms with Crippen LogP contribution in [-0.4, -0.2) is 53.6 Å². The van der Waals surface area contributed by atoms with Gasteiger partial charge in [0.15, 0.2) is 0 Å². The maximum absolute atomic E-state index is 12.4. The summed E-state index contributed by atoms with van der Waals surface area (Å²) in [6.07, 6.45) is 7.91. The number of aromatic nitrogens is 1. The Bertz CT molecular complexity index is 1840. The monoisotopic (exact) mass is 659 g/mol. The van der Waals surface area contributed by atoms with Crippen molar-refractivity contribution in [2.24, 2.45) is 0 Å². The number of fused-ring (bicyclic) bond motifs is 1. The molecule has 2 aliphatic rings. The van der Waals surface area contributed by atoms with Gasteiger partial charge in [-0.25, -0.2) is 4.79 Å². The standard InChI is InChI=1S/C39H41N5O5/c1-27-31(11-6-13-33(27)30-9-4-3-5-10-30)25-48-37-18-38(47-24-29-17-28(19-40)20-42-21-29)36(34-14-7-15-35(34)37)23-43-16-8-12-32(43)22-44(49-26-45)39(46)41-2/h3-6,9-11,13,17-18,20-21,26,32H,7-8,12,14-16,22-25H2,1-2H3,(H,41,46). The van der Waals surface area contributed by atoms with Crippen LogP contribution in [0, 0.1) is 18.3 Å². The summed E-state index contributed by atoms with van der Waals surface area (Å²) in [4.78, 5) is 35.1. The molecule has 1 fully saturated rings. The summed E-state index contributed by atoms with van der Waals surface area (Å²) in [6, 6.07) is 22.2. The van der Waals surface area contributed by atoms with Crippen molar-refractivity contribution < 1.29 is 23.9 Å². The van der Waals surface area contributed by atoms with Crippen molar-refractivity contribution in [1.82, 2.24) is 20.3 Å². The van der Waals surface area contributed by atoms with E-state index in [1.54, 1.807) is 12.3 Å². The van der Waals surface area contributed by atoms with Crippen LogP contribution in [0.4, 0.5) is 4.79 Å². The molecule has 1 unspecified atom stereocenters. The zero-order valence-corrected chi connectivity index (χ0v) is 28.0. The molecule has 1 aliphatic heterocycles. The highest BCUT2D eigenvalue weighted by Gasteiger charge is 2.32. The summed E-state index contributed by atoms with van der Waals surface area (Å²) < 4.78 is 13.2. The van der Waals surface area contributed by atoms with Crippen LogP contribution in [0.25, 0.3) is 11.1 Å². The summed E-state index contributed by atoms with van der Waals surface area (Å²) in [6.45, 7) is 4.79. The third-order valence-electron chi connectivity index (χ3n) is 9.52. The first-order valence-electron chi connectivity index (χ1n) is 16.7. The van der Waals surface area contributed by atoms with E-state index in [1.165, 1.54) is 41.1 Å². The molecule has 1 atom stereocenters. The highest BCUT2D eigenvalue weighted by Crippen LogP contribution is 2.41. The fraction of sp³-hybridized carbons (Fsp3) is 0.333. The first-order chi connectivity index (χ1) is 24.0. The van der Waals surface area contributed by atoms with E-state index >= 15 is 0 Å². The number of hydrogen-bond acceptors (Lipinski definition) is 8. The van der Waals surface area contributed by atoms with Crippen molar-refractivity contribution in [2.45, 2.75) is 64.8 Å². The highest BCUT2D eigenvalue weighted by atomic mass is 16.7. The van der Waals surface area contributed by atoms with Crippen LogP contribution in [0.3, 0.4) is 0 Å². The lowest BCUT2D eigenvalue weighted by atomic mass is 9.97. The molecule has 1 N–H and O–H groups in total. The maximum Gasteiger partial charge on any atom is 0.350 e. The van der Waals surface area contributed by atoms with Gasteiger partial charge >= 0.3 is 12.5 Å². The molecule has 49 heavy (non-hydrogen) atoms. The Morgan fingerprint density at radius 3 is 2.65 bits per heavy atom. The normalized spacial score (nSPS) is 15.2. The van der Waals surface area contributed by atoms with Crippen molar-refractivity contribution in [3.05, 3.63) is 112 Å². The molecular formula is C39H41N5O5. The van der Waals surface area contributed by atoms with Gasteiger partial charge in [-0.2, -0.15) is 10.3 Å². The Kier molecular flexibility index (Phi) is 10.7. The van der Waals surface area contributed by atoms with Crippen LogP contribution >= 0.6 is 0 Å². The van der Waals surface area contributed by atoms with E-state index in [1.807, 2.05) is 12.1 Å². The van der Waals surface area contributed by atoms with Crippen LogP contribution in [0.5, 0.6) is 11.5 Å². The molecule has 1 aromatic heterocycles. The van der Waals surface area contributed by atoms with Gasteiger partial charge in [0.2, 0.25) is 0 Å². The fourth-order valence-corrected chi connectivity index (χ4v) is 6.99. The van der Waals surface area contributed by atoms with Gasteiger partial charge in [-0.15, -0.1) is 0 Å². The summed E-state index contributed by atoms with van der Waals surface area (Å²) in [5.74, 6) is 1.55. The number of nitrogens with one attached hydrogen (secondary N) is 1. The highest BCUT2D eigenvalue weighted by molar-refractivity contribution is 5.73. The molecule has 2 amide bonds. The SMILES string of the molecule is CNC(=O)N(CC1CCCN1Cc1c(OCc2cncc(C#N)c2)cc(OCc2cccc(-c3ccccc3)c2C)c2c1CCC2)OC=O. The van der Waals surface area contributed by atoms with Gasteiger partial charge in [-0.05, 0) is 85.0 Å². The minimum atomic E-state index is -0.469. The Morgan fingerprint density at radius 1 is 1.04 bits per heavy atom. The van der Waals surface area contributed by atoms with Crippen LogP contribution in [0.15, 0.2) is 73.1 Å². The Balaban J connectivity index is 1.30. The van der Waals surface area contributed by atoms with Crippen molar-refractivity contribution >= 4 is 12.5 Å². The molecule has 6 rings (SSSR count). The number of nitrogens with zero attached hydrogens (tertiary/aromatic N) is 4. The minimum absolute atomic E-state index is 0.00513. The van der Waals surface area contributed by atoms with Crippen LogP contribution < -0.4 is 14.8 Å². The zero-order valence-electron chi connectivity index (χ0n) is 28.0. The Labute approximate surface area is 287 Å². The Hall–Kier alpha value is -5.40. The second kappa shape index (κ2) is 15.7. The van der Waals surface area contributed by atoms with E-state index in [0.29, 0.717) is 18.7 Å². The molecule has 3 aromatic carbocycles. The van der Waals surface area contributed by atoms with Crippen LogP contribution in [-0.2, 0) is 42.2 Å². The first-order valence-corrected chi connectivity index (χ1v) is 16.7. The molecule has 2 heterocycles. The molecule has 1 aliphatic carbocycles. The summed E-state index contributed by atoms with van der Waals surface area (Å²) in [5.41, 5.74) is 9.50. The van der Waals surface area contributed by atoms with Crippen molar-refractivity contribution in [1.29, 1.82) is 5.26 Å². The summed E-state index contributed by atoms with van der Waals surface area (Å²) in [5, 5.41) is 13.0. The van der Waals surface area contributed by atoms with Crippen LogP contribution in [0.1, 0.15) is 58.2 Å². The zero-order chi connectivity index (χ0) is 34.2. The molecule has 252 valence electrons. The number of carbonyl (C=O) groups excluding carboxylic acids is 2. The number of amides is 2. The predicted molar refractivity (Wildman–Crippen MR) is 184 cm³/mol. The van der Waals surface area contributed by atoms with Gasteiger partial charge in [0.1, 0.15) is 30.8 Å². The second-order valence-electron chi connectivity index (χ2n) is 12.5. The number of hydroxylamine groups is 2. The average Bonchev–Trinajstić information content (AvgIpc) is 3.81. The van der Waals surface area contributed by atoms with E-state index in [0.717, 1.165) is 71.9 Å². The first kappa shape index (κ1) is 33.5. The predicted octanol–water partition coefficient (Wildman–Crippen LogP) is 6.27. The topological polar surface area (TPSA) is 117 Å². The summed E-state index contributed by atoms with van der Waals surface area (Å²) in [7, 11) is 1.51. The lowest BCUT2D eigenvalue weighted by Crippen LogP contribution is -2.45. The van der Waals surface area contributed by atoms with E-state index < -0.39 is 6.03 Å². The molecule has 10 nitrogen and oxygen atoms in total. The number of nitriles is 1. The minimum Gasteiger partial charge on any atom is -0.488 e.